The Hall–Kier alpha value is -0.873. The number of allylic oxidation sites excluding steroid dienone is 1. The fraction of sp³-hybridized carbons (Fsp3) is 0.688. The van der Waals surface area contributed by atoms with Crippen molar-refractivity contribution in [3.8, 4) is 0 Å². The van der Waals surface area contributed by atoms with E-state index in [1.54, 1.807) is 0 Å². The highest BCUT2D eigenvalue weighted by molar-refractivity contribution is 6.74. The summed E-state index contributed by atoms with van der Waals surface area (Å²) < 4.78 is 11.4. The summed E-state index contributed by atoms with van der Waals surface area (Å²) in [6.07, 6.45) is 2.63. The van der Waals surface area contributed by atoms with Crippen LogP contribution >= 0.6 is 0 Å². The zero-order chi connectivity index (χ0) is 15.7. The zero-order valence-corrected chi connectivity index (χ0v) is 14.9. The lowest BCUT2D eigenvalue weighted by atomic mass is 10.0. The molecule has 3 nitrogen and oxygen atoms in total. The molecule has 0 amide bonds. The molecule has 0 aromatic rings. The van der Waals surface area contributed by atoms with Crippen molar-refractivity contribution in [2.24, 2.45) is 5.92 Å². The third-order valence-electron chi connectivity index (χ3n) is 4.68. The van der Waals surface area contributed by atoms with Crippen molar-refractivity contribution in [2.45, 2.75) is 58.4 Å². The molecule has 114 valence electrons. The second-order valence-corrected chi connectivity index (χ2v) is 11.8. The smallest absolute Gasteiger partial charge is 0.334 e. The van der Waals surface area contributed by atoms with Crippen LogP contribution in [-0.2, 0) is 14.0 Å². The van der Waals surface area contributed by atoms with Gasteiger partial charge in [0.15, 0.2) is 8.32 Å². The molecular formula is C16H28O3Si. The standard InChI is InChI=1S/C16H28O3Si/c1-9-12-10-13(11(2)14(12)15(17)18-6)19-20(7,8)16(3,4)5/h9,12-13H,1,10H2,2-8H3/t12-,13+/m0/s1. The van der Waals surface area contributed by atoms with Crippen LogP contribution in [0.2, 0.25) is 18.1 Å². The number of esters is 1. The molecule has 4 heteroatoms. The van der Waals surface area contributed by atoms with E-state index in [-0.39, 0.29) is 23.0 Å². The predicted molar refractivity (Wildman–Crippen MR) is 85.1 cm³/mol. The summed E-state index contributed by atoms with van der Waals surface area (Å²) in [5.41, 5.74) is 1.73. The molecule has 0 bridgehead atoms. The Morgan fingerprint density at radius 2 is 1.95 bits per heavy atom. The fourth-order valence-electron chi connectivity index (χ4n) is 2.30. The maximum absolute atomic E-state index is 11.9. The van der Waals surface area contributed by atoms with Crippen LogP contribution in [0, 0.1) is 5.92 Å². The molecule has 0 spiro atoms. The Balaban J connectivity index is 3.03. The number of rotatable bonds is 4. The van der Waals surface area contributed by atoms with E-state index in [9.17, 15) is 4.79 Å². The first-order chi connectivity index (χ1) is 9.05. The minimum atomic E-state index is -1.85. The first-order valence-corrected chi connectivity index (χ1v) is 10.0. The lowest BCUT2D eigenvalue weighted by Crippen LogP contribution is -2.43. The average Bonchev–Trinajstić information content (AvgIpc) is 2.63. The molecule has 0 heterocycles. The molecule has 0 aromatic carbocycles. The van der Waals surface area contributed by atoms with Crippen LogP contribution in [0.3, 0.4) is 0 Å². The van der Waals surface area contributed by atoms with E-state index < -0.39 is 8.32 Å². The SMILES string of the molecule is C=C[C@H]1C[C@@H](O[Si](C)(C)C(C)(C)C)C(C)=C1C(=O)OC. The maximum atomic E-state index is 11.9. The van der Waals surface area contributed by atoms with E-state index >= 15 is 0 Å². The van der Waals surface area contributed by atoms with Crippen LogP contribution in [0.1, 0.15) is 34.1 Å². The van der Waals surface area contributed by atoms with Crippen molar-refractivity contribution >= 4 is 14.3 Å². The molecule has 2 atom stereocenters. The minimum absolute atomic E-state index is 0.00740. The van der Waals surface area contributed by atoms with Crippen molar-refractivity contribution in [1.82, 2.24) is 0 Å². The monoisotopic (exact) mass is 296 g/mol. The van der Waals surface area contributed by atoms with Crippen molar-refractivity contribution in [1.29, 1.82) is 0 Å². The number of hydrogen-bond acceptors (Lipinski definition) is 3. The highest BCUT2D eigenvalue weighted by Gasteiger charge is 2.43. The van der Waals surface area contributed by atoms with Gasteiger partial charge in [-0.2, -0.15) is 0 Å². The molecule has 20 heavy (non-hydrogen) atoms. The van der Waals surface area contributed by atoms with E-state index in [0.717, 1.165) is 17.6 Å². The molecule has 0 unspecified atom stereocenters. The normalized spacial score (nSPS) is 23.9. The van der Waals surface area contributed by atoms with Gasteiger partial charge in [0.25, 0.3) is 0 Å². The quantitative estimate of drug-likeness (QED) is 0.445. The lowest BCUT2D eigenvalue weighted by molar-refractivity contribution is -0.136. The van der Waals surface area contributed by atoms with Gasteiger partial charge in [0.1, 0.15) is 0 Å². The summed E-state index contributed by atoms with van der Waals surface area (Å²) >= 11 is 0. The molecule has 0 N–H and O–H groups in total. The molecular weight excluding hydrogens is 268 g/mol. The van der Waals surface area contributed by atoms with Crippen LogP contribution in [0.4, 0.5) is 0 Å². The number of methoxy groups -OCH3 is 1. The second-order valence-electron chi connectivity index (χ2n) is 7.03. The molecule has 0 saturated carbocycles. The van der Waals surface area contributed by atoms with Gasteiger partial charge in [-0.25, -0.2) is 4.79 Å². The van der Waals surface area contributed by atoms with Crippen molar-refractivity contribution < 1.29 is 14.0 Å². The molecule has 1 aliphatic carbocycles. The Morgan fingerprint density at radius 1 is 1.40 bits per heavy atom. The number of hydrogen-bond donors (Lipinski definition) is 0. The van der Waals surface area contributed by atoms with Crippen molar-refractivity contribution in [2.75, 3.05) is 7.11 Å². The fourth-order valence-corrected chi connectivity index (χ4v) is 3.63. The van der Waals surface area contributed by atoms with Crippen LogP contribution < -0.4 is 0 Å². The third kappa shape index (κ3) is 3.23. The highest BCUT2D eigenvalue weighted by Crippen LogP contribution is 2.42. The first kappa shape index (κ1) is 17.2. The van der Waals surface area contributed by atoms with Crippen LogP contribution in [0.25, 0.3) is 0 Å². The van der Waals surface area contributed by atoms with Gasteiger partial charge in [-0.15, -0.1) is 6.58 Å². The Bertz CT molecular complexity index is 429. The summed E-state index contributed by atoms with van der Waals surface area (Å²) in [6.45, 7) is 17.0. The molecule has 0 fully saturated rings. The highest BCUT2D eigenvalue weighted by atomic mass is 28.4. The Morgan fingerprint density at radius 3 is 2.35 bits per heavy atom. The molecule has 0 aliphatic heterocycles. The van der Waals surface area contributed by atoms with Crippen LogP contribution in [-0.4, -0.2) is 27.5 Å². The van der Waals surface area contributed by atoms with Gasteiger partial charge in [-0.3, -0.25) is 0 Å². The Kier molecular flexibility index (Phi) is 5.03. The molecule has 0 saturated heterocycles. The van der Waals surface area contributed by atoms with Crippen LogP contribution in [0.15, 0.2) is 23.8 Å². The van der Waals surface area contributed by atoms with Gasteiger partial charge in [0.05, 0.1) is 13.2 Å². The van der Waals surface area contributed by atoms with Gasteiger partial charge >= 0.3 is 5.97 Å². The van der Waals surface area contributed by atoms with E-state index in [4.69, 9.17) is 9.16 Å². The number of ether oxygens (including phenoxy) is 1. The number of carbonyl (C=O) groups is 1. The molecule has 1 aliphatic rings. The minimum Gasteiger partial charge on any atom is -0.466 e. The summed E-state index contributed by atoms with van der Waals surface area (Å²) in [6, 6.07) is 0. The maximum Gasteiger partial charge on any atom is 0.334 e. The third-order valence-corrected chi connectivity index (χ3v) is 9.17. The Labute approximate surface area is 124 Å². The van der Waals surface area contributed by atoms with Crippen molar-refractivity contribution in [3.63, 3.8) is 0 Å². The average molecular weight is 296 g/mol. The van der Waals surface area contributed by atoms with E-state index in [1.807, 2.05) is 13.0 Å². The lowest BCUT2D eigenvalue weighted by Gasteiger charge is -2.39. The molecule has 0 aromatic heterocycles. The van der Waals surface area contributed by atoms with E-state index in [1.165, 1.54) is 7.11 Å². The van der Waals surface area contributed by atoms with Gasteiger partial charge < -0.3 is 9.16 Å². The zero-order valence-electron chi connectivity index (χ0n) is 13.9. The van der Waals surface area contributed by atoms with E-state index in [0.29, 0.717) is 0 Å². The topological polar surface area (TPSA) is 35.5 Å². The second kappa shape index (κ2) is 5.86. The molecule has 0 radical (unpaired) electrons. The van der Waals surface area contributed by atoms with Gasteiger partial charge in [-0.1, -0.05) is 26.8 Å². The summed E-state index contributed by atoms with van der Waals surface area (Å²) in [7, 11) is -0.428. The van der Waals surface area contributed by atoms with Crippen molar-refractivity contribution in [3.05, 3.63) is 23.8 Å². The van der Waals surface area contributed by atoms with Crippen LogP contribution in [0.5, 0.6) is 0 Å². The number of carbonyl (C=O) groups excluding carboxylic acids is 1. The molecule has 1 rings (SSSR count). The van der Waals surface area contributed by atoms with Gasteiger partial charge in [0, 0.05) is 11.5 Å². The largest absolute Gasteiger partial charge is 0.466 e. The summed E-state index contributed by atoms with van der Waals surface area (Å²) in [5, 5.41) is 0.158. The summed E-state index contributed by atoms with van der Waals surface area (Å²) in [4.78, 5) is 11.9. The first-order valence-electron chi connectivity index (χ1n) is 7.14. The summed E-state index contributed by atoms with van der Waals surface area (Å²) in [5.74, 6) is -0.217. The van der Waals surface area contributed by atoms with Gasteiger partial charge in [0.2, 0.25) is 0 Å². The predicted octanol–water partition coefficient (Wildman–Crippen LogP) is 4.07. The van der Waals surface area contributed by atoms with E-state index in [2.05, 4.69) is 40.4 Å². The van der Waals surface area contributed by atoms with Gasteiger partial charge in [-0.05, 0) is 37.0 Å².